The maximum absolute atomic E-state index is 10.5. The first-order valence-electron chi connectivity index (χ1n) is 7.19. The molecule has 0 saturated carbocycles. The zero-order chi connectivity index (χ0) is 18.7. The molecule has 0 N–H and O–H groups in total. The Balaban J connectivity index is 0.000000381. The molecule has 0 aliphatic heterocycles. The van der Waals surface area contributed by atoms with E-state index >= 15 is 0 Å². The number of alkyl halides is 3. The molecule has 0 radical (unpaired) electrons. The summed E-state index contributed by atoms with van der Waals surface area (Å²) in [6.07, 6.45) is 0.289. The van der Waals surface area contributed by atoms with Gasteiger partial charge in [0, 0.05) is 16.9 Å². The number of halogens is 3. The molecule has 8 heteroatoms. The van der Waals surface area contributed by atoms with Crippen molar-refractivity contribution >= 4 is 5.97 Å². The predicted octanol–water partition coefficient (Wildman–Crippen LogP) is 1.21. The van der Waals surface area contributed by atoms with Gasteiger partial charge in [-0.15, -0.1) is 0 Å². The van der Waals surface area contributed by atoms with E-state index in [0.29, 0.717) is 12.2 Å². The third kappa shape index (κ3) is 8.37. The number of pyridine rings is 1. The summed E-state index contributed by atoms with van der Waals surface area (Å²) in [5, 5.41) is 17.5. The highest BCUT2D eigenvalue weighted by Gasteiger charge is 2.28. The van der Waals surface area contributed by atoms with Gasteiger partial charge in [-0.25, -0.2) is 0 Å². The highest BCUT2D eigenvalue weighted by molar-refractivity contribution is 5.70. The smallest absolute Gasteiger partial charge is 0.430 e. The van der Waals surface area contributed by atoms with Crippen LogP contribution in [-0.4, -0.2) is 18.8 Å². The molecule has 0 amide bonds. The third-order valence-electron chi connectivity index (χ3n) is 2.86. The number of carboxylic acid groups (broad SMARTS) is 1. The maximum Gasteiger partial charge on any atom is 0.430 e. The van der Waals surface area contributed by atoms with Gasteiger partial charge in [-0.3, -0.25) is 4.84 Å². The average Bonchev–Trinajstić information content (AvgIpc) is 2.60. The van der Waals surface area contributed by atoms with E-state index in [0.717, 1.165) is 12.8 Å². The van der Waals surface area contributed by atoms with Crippen LogP contribution >= 0.6 is 0 Å². The van der Waals surface area contributed by atoms with Crippen LogP contribution in [0.2, 0.25) is 0 Å². The molecule has 2 rings (SSSR count). The van der Waals surface area contributed by atoms with Crippen LogP contribution in [0.15, 0.2) is 54.9 Å². The molecule has 0 bridgehead atoms. The molecule has 0 unspecified atom stereocenters. The van der Waals surface area contributed by atoms with Crippen molar-refractivity contribution < 1.29 is 32.6 Å². The number of hydrogen-bond donors (Lipinski definition) is 0. The molecule has 0 atom stereocenters. The van der Waals surface area contributed by atoms with Gasteiger partial charge in [-0.2, -0.15) is 18.4 Å². The van der Waals surface area contributed by atoms with Crippen molar-refractivity contribution in [3.05, 3.63) is 66.0 Å². The third-order valence-corrected chi connectivity index (χ3v) is 2.86. The normalized spacial score (nSPS) is 10.2. The molecule has 0 spiro atoms. The number of carbonyl (C=O) groups is 1. The molecule has 132 valence electrons. The van der Waals surface area contributed by atoms with Gasteiger partial charge in [0.15, 0.2) is 6.61 Å². The minimum Gasteiger partial charge on any atom is -0.542 e. The van der Waals surface area contributed by atoms with Gasteiger partial charge in [-0.1, -0.05) is 30.3 Å². The number of carbonyl (C=O) groups excluding carboxylic acids is 1. The van der Waals surface area contributed by atoms with E-state index in [9.17, 15) is 13.2 Å². The molecule has 0 fully saturated rings. The minimum absolute atomic E-state index is 0.638. The fraction of sp³-hybridized carbons (Fsp3) is 0.235. The standard InChI is InChI=1S/C15H15N2O.C2HF3O2/c16-13-15-8-10-17(11-9-15)18-12-4-7-14-5-2-1-3-6-14;3-2(4,5)1(6)7/h1-3,5-6,8-11H,4,7,12H2;(H,6,7)/q+1;/p-1. The minimum atomic E-state index is -5.19. The summed E-state index contributed by atoms with van der Waals surface area (Å²) >= 11 is 0. The summed E-state index contributed by atoms with van der Waals surface area (Å²) in [4.78, 5) is 14.3. The van der Waals surface area contributed by atoms with Gasteiger partial charge in [0.1, 0.15) is 5.97 Å². The van der Waals surface area contributed by atoms with E-state index < -0.39 is 12.1 Å². The number of nitriles is 1. The Morgan fingerprint density at radius 2 is 1.72 bits per heavy atom. The molecule has 5 nitrogen and oxygen atoms in total. The molecule has 25 heavy (non-hydrogen) atoms. The summed E-state index contributed by atoms with van der Waals surface area (Å²) in [5.41, 5.74) is 1.96. The lowest BCUT2D eigenvalue weighted by Gasteiger charge is -2.03. The zero-order valence-electron chi connectivity index (χ0n) is 13.1. The Kier molecular flexibility index (Phi) is 7.93. The molecule has 0 aliphatic carbocycles. The second kappa shape index (κ2) is 9.93. The van der Waals surface area contributed by atoms with Gasteiger partial charge >= 0.3 is 6.18 Å². The highest BCUT2D eigenvalue weighted by Crippen LogP contribution is 2.11. The second-order valence-electron chi connectivity index (χ2n) is 4.77. The van der Waals surface area contributed by atoms with Crippen LogP contribution in [0.5, 0.6) is 0 Å². The Bertz CT molecular complexity index is 696. The molecule has 1 aromatic heterocycles. The van der Waals surface area contributed by atoms with Crippen molar-refractivity contribution in [1.29, 1.82) is 5.26 Å². The van der Waals surface area contributed by atoms with Crippen LogP contribution in [0.1, 0.15) is 17.5 Å². The lowest BCUT2D eigenvalue weighted by molar-refractivity contribution is -0.891. The van der Waals surface area contributed by atoms with E-state index in [4.69, 9.17) is 20.0 Å². The molecule has 1 aromatic carbocycles. The number of benzene rings is 1. The van der Waals surface area contributed by atoms with E-state index in [-0.39, 0.29) is 0 Å². The van der Waals surface area contributed by atoms with Crippen LogP contribution in [0.3, 0.4) is 0 Å². The quantitative estimate of drug-likeness (QED) is 0.599. The van der Waals surface area contributed by atoms with Crippen LogP contribution < -0.4 is 14.7 Å². The molecular weight excluding hydrogens is 337 g/mol. The van der Waals surface area contributed by atoms with Gasteiger partial charge in [0.05, 0.1) is 11.6 Å². The van der Waals surface area contributed by atoms with Crippen LogP contribution in [0.4, 0.5) is 13.2 Å². The zero-order valence-corrected chi connectivity index (χ0v) is 13.1. The van der Waals surface area contributed by atoms with Crippen molar-refractivity contribution in [3.63, 3.8) is 0 Å². The first-order chi connectivity index (χ1) is 11.8. The summed E-state index contributed by atoms with van der Waals surface area (Å²) in [6, 6.07) is 15.9. The molecular formula is C17H15F3N2O3. The number of aliphatic carboxylic acids is 1. The van der Waals surface area contributed by atoms with Crippen molar-refractivity contribution in [2.75, 3.05) is 6.61 Å². The SMILES string of the molecule is N#Cc1cc[n+](OCCCc2ccccc2)cc1.O=C([O-])C(F)(F)F. The summed E-state index contributed by atoms with van der Waals surface area (Å²) in [6.45, 7) is 0.658. The number of nitrogens with zero attached hydrogens (tertiary/aromatic N) is 2. The van der Waals surface area contributed by atoms with Crippen molar-refractivity contribution in [2.45, 2.75) is 19.0 Å². The second-order valence-corrected chi connectivity index (χ2v) is 4.77. The first-order valence-corrected chi connectivity index (χ1v) is 7.19. The lowest BCUT2D eigenvalue weighted by atomic mass is 10.1. The number of aromatic nitrogens is 1. The van der Waals surface area contributed by atoms with Gasteiger partial charge in [-0.05, 0) is 18.4 Å². The molecule has 0 saturated heterocycles. The average molecular weight is 352 g/mol. The number of hydrogen-bond acceptors (Lipinski definition) is 4. The fourth-order valence-electron chi connectivity index (χ4n) is 1.66. The summed E-state index contributed by atoms with van der Waals surface area (Å²) in [7, 11) is 0. The van der Waals surface area contributed by atoms with E-state index in [2.05, 4.69) is 18.2 Å². The predicted molar refractivity (Wildman–Crippen MR) is 78.6 cm³/mol. The van der Waals surface area contributed by atoms with Gasteiger partial charge in [0.25, 0.3) is 0 Å². The topological polar surface area (TPSA) is 77.0 Å². The number of rotatable bonds is 5. The fourth-order valence-corrected chi connectivity index (χ4v) is 1.66. The monoisotopic (exact) mass is 352 g/mol. The van der Waals surface area contributed by atoms with Crippen LogP contribution in [0.25, 0.3) is 0 Å². The van der Waals surface area contributed by atoms with Crippen LogP contribution in [0, 0.1) is 11.3 Å². The van der Waals surface area contributed by atoms with Crippen molar-refractivity contribution in [3.8, 4) is 6.07 Å². The highest BCUT2D eigenvalue weighted by atomic mass is 19.4. The summed E-state index contributed by atoms with van der Waals surface area (Å²) in [5.74, 6) is -3.01. The number of carboxylic acids is 1. The van der Waals surface area contributed by atoms with E-state index in [1.54, 1.807) is 29.3 Å². The molecule has 2 aromatic rings. The van der Waals surface area contributed by atoms with E-state index in [1.165, 1.54) is 5.56 Å². The molecule has 1 heterocycles. The van der Waals surface area contributed by atoms with Crippen molar-refractivity contribution in [1.82, 2.24) is 0 Å². The lowest BCUT2D eigenvalue weighted by Crippen LogP contribution is -2.42. The first kappa shape index (κ1) is 20.0. The van der Waals surface area contributed by atoms with Crippen LogP contribution in [-0.2, 0) is 11.2 Å². The Morgan fingerprint density at radius 3 is 2.20 bits per heavy atom. The van der Waals surface area contributed by atoms with Gasteiger partial charge < -0.3 is 9.90 Å². The summed E-state index contributed by atoms with van der Waals surface area (Å²) < 4.78 is 33.2. The Hall–Kier alpha value is -3.08. The Labute approximate surface area is 142 Å². The number of aryl methyl sites for hydroxylation is 1. The largest absolute Gasteiger partial charge is 0.542 e. The Morgan fingerprint density at radius 1 is 1.16 bits per heavy atom. The molecule has 0 aliphatic rings. The van der Waals surface area contributed by atoms with Gasteiger partial charge in [0.2, 0.25) is 12.4 Å². The maximum atomic E-state index is 10.5. The van der Waals surface area contributed by atoms with E-state index in [1.807, 2.05) is 18.2 Å². The van der Waals surface area contributed by atoms with Crippen molar-refractivity contribution in [2.24, 2.45) is 0 Å².